The standard InChI is InChI=1S/C19H24Cl2N4O/c20-15-3-4-16(17(21)9-15)19(5-7-26-8-6-19)11-23-18(14-1-2-14)10-25-13-22-12-24-25/h3-4,9,12-14,18,23H,1-2,5-8,10-11H2. The summed E-state index contributed by atoms with van der Waals surface area (Å²) in [6.45, 7) is 3.26. The lowest BCUT2D eigenvalue weighted by Crippen LogP contribution is -2.47. The van der Waals surface area contributed by atoms with Gasteiger partial charge in [0.05, 0.1) is 6.54 Å². The zero-order chi connectivity index (χ0) is 18.0. The van der Waals surface area contributed by atoms with Crippen LogP contribution in [0, 0.1) is 5.92 Å². The van der Waals surface area contributed by atoms with Gasteiger partial charge in [-0.3, -0.25) is 4.68 Å². The summed E-state index contributed by atoms with van der Waals surface area (Å²) in [6.07, 6.45) is 7.87. The van der Waals surface area contributed by atoms with Gasteiger partial charge >= 0.3 is 0 Å². The van der Waals surface area contributed by atoms with Gasteiger partial charge in [-0.15, -0.1) is 0 Å². The molecule has 7 heteroatoms. The molecule has 0 spiro atoms. The van der Waals surface area contributed by atoms with Crippen molar-refractivity contribution in [1.82, 2.24) is 20.1 Å². The Morgan fingerprint density at radius 3 is 2.73 bits per heavy atom. The molecule has 1 saturated carbocycles. The molecule has 2 aromatic rings. The maximum atomic E-state index is 6.58. The minimum absolute atomic E-state index is 0.0184. The van der Waals surface area contributed by atoms with E-state index in [1.165, 1.54) is 18.4 Å². The van der Waals surface area contributed by atoms with E-state index in [2.05, 4.69) is 21.5 Å². The van der Waals surface area contributed by atoms with E-state index in [1.807, 2.05) is 16.8 Å². The molecule has 1 atom stereocenters. The van der Waals surface area contributed by atoms with Crippen molar-refractivity contribution < 1.29 is 4.74 Å². The van der Waals surface area contributed by atoms with Crippen molar-refractivity contribution in [2.75, 3.05) is 19.8 Å². The minimum Gasteiger partial charge on any atom is -0.381 e. The number of ether oxygens (including phenoxy) is 1. The van der Waals surface area contributed by atoms with Gasteiger partial charge in [0.2, 0.25) is 0 Å². The van der Waals surface area contributed by atoms with Crippen LogP contribution in [0.5, 0.6) is 0 Å². The third-order valence-electron chi connectivity index (χ3n) is 5.70. The van der Waals surface area contributed by atoms with Crippen molar-refractivity contribution in [2.24, 2.45) is 5.92 Å². The van der Waals surface area contributed by atoms with Crippen LogP contribution in [0.4, 0.5) is 0 Å². The normalized spacial score (nSPS) is 20.8. The van der Waals surface area contributed by atoms with Crippen LogP contribution in [0.15, 0.2) is 30.9 Å². The van der Waals surface area contributed by atoms with Gasteiger partial charge < -0.3 is 10.1 Å². The second-order valence-electron chi connectivity index (χ2n) is 7.46. The molecule has 0 bridgehead atoms. The fraction of sp³-hybridized carbons (Fsp3) is 0.579. The highest BCUT2D eigenvalue weighted by Crippen LogP contribution is 2.40. The molecule has 1 aromatic carbocycles. The predicted octanol–water partition coefficient (Wildman–Crippen LogP) is 3.70. The quantitative estimate of drug-likeness (QED) is 0.777. The number of aromatic nitrogens is 3. The molecule has 1 aliphatic carbocycles. The van der Waals surface area contributed by atoms with Crippen molar-refractivity contribution in [3.63, 3.8) is 0 Å². The Morgan fingerprint density at radius 1 is 1.27 bits per heavy atom. The van der Waals surface area contributed by atoms with E-state index in [0.29, 0.717) is 11.1 Å². The van der Waals surface area contributed by atoms with E-state index in [9.17, 15) is 0 Å². The molecule has 1 unspecified atom stereocenters. The van der Waals surface area contributed by atoms with Gasteiger partial charge in [0.15, 0.2) is 0 Å². The number of benzene rings is 1. The lowest BCUT2D eigenvalue weighted by Gasteiger charge is -2.39. The molecule has 1 N–H and O–H groups in total. The predicted molar refractivity (Wildman–Crippen MR) is 103 cm³/mol. The molecule has 140 valence electrons. The zero-order valence-electron chi connectivity index (χ0n) is 14.7. The second-order valence-corrected chi connectivity index (χ2v) is 8.30. The molecule has 1 saturated heterocycles. The second kappa shape index (κ2) is 7.85. The fourth-order valence-corrected chi connectivity index (χ4v) is 4.57. The van der Waals surface area contributed by atoms with Crippen LogP contribution in [0.3, 0.4) is 0 Å². The zero-order valence-corrected chi connectivity index (χ0v) is 16.2. The maximum absolute atomic E-state index is 6.58. The van der Waals surface area contributed by atoms with Gasteiger partial charge in [0.25, 0.3) is 0 Å². The monoisotopic (exact) mass is 394 g/mol. The van der Waals surface area contributed by atoms with Crippen LogP contribution in [0.1, 0.15) is 31.2 Å². The van der Waals surface area contributed by atoms with Crippen LogP contribution >= 0.6 is 23.2 Å². The van der Waals surface area contributed by atoms with Crippen molar-refractivity contribution in [3.8, 4) is 0 Å². The Bertz CT molecular complexity index is 727. The Hall–Kier alpha value is -1.14. The summed E-state index contributed by atoms with van der Waals surface area (Å²) < 4.78 is 7.56. The van der Waals surface area contributed by atoms with E-state index in [1.54, 1.807) is 12.7 Å². The smallest absolute Gasteiger partial charge is 0.137 e. The summed E-state index contributed by atoms with van der Waals surface area (Å²) in [5, 5.41) is 9.53. The Labute approximate surface area is 164 Å². The summed E-state index contributed by atoms with van der Waals surface area (Å²) in [5.74, 6) is 0.719. The molecular weight excluding hydrogens is 371 g/mol. The average Bonchev–Trinajstić information content (AvgIpc) is 3.36. The number of halogens is 2. The number of rotatable bonds is 7. The highest BCUT2D eigenvalue weighted by molar-refractivity contribution is 6.35. The van der Waals surface area contributed by atoms with Crippen LogP contribution in [0.25, 0.3) is 0 Å². The molecule has 2 fully saturated rings. The number of nitrogens with one attached hydrogen (secondary N) is 1. The molecule has 0 radical (unpaired) electrons. The maximum Gasteiger partial charge on any atom is 0.137 e. The van der Waals surface area contributed by atoms with Gasteiger partial charge in [-0.1, -0.05) is 29.3 Å². The molecule has 1 aromatic heterocycles. The van der Waals surface area contributed by atoms with Crippen LogP contribution in [-0.4, -0.2) is 40.6 Å². The lowest BCUT2D eigenvalue weighted by atomic mass is 9.74. The Kier molecular flexibility index (Phi) is 5.50. The lowest BCUT2D eigenvalue weighted by molar-refractivity contribution is 0.0483. The van der Waals surface area contributed by atoms with Crippen LogP contribution in [0.2, 0.25) is 10.0 Å². The van der Waals surface area contributed by atoms with Gasteiger partial charge in [0.1, 0.15) is 12.7 Å². The molecule has 5 nitrogen and oxygen atoms in total. The fourth-order valence-electron chi connectivity index (χ4n) is 3.96. The van der Waals surface area contributed by atoms with E-state index < -0.39 is 0 Å². The van der Waals surface area contributed by atoms with Crippen molar-refractivity contribution in [1.29, 1.82) is 0 Å². The summed E-state index contributed by atoms with van der Waals surface area (Å²) in [5.41, 5.74) is 1.16. The van der Waals surface area contributed by atoms with Crippen molar-refractivity contribution >= 4 is 23.2 Å². The van der Waals surface area contributed by atoms with E-state index in [-0.39, 0.29) is 5.41 Å². The SMILES string of the molecule is Clc1ccc(C2(CNC(Cn3cncn3)C3CC3)CCOCC2)c(Cl)c1. The van der Waals surface area contributed by atoms with Gasteiger partial charge in [-0.2, -0.15) is 5.10 Å². The van der Waals surface area contributed by atoms with Crippen LogP contribution < -0.4 is 5.32 Å². The van der Waals surface area contributed by atoms with Crippen molar-refractivity contribution in [2.45, 2.75) is 43.7 Å². The first-order valence-electron chi connectivity index (χ1n) is 9.25. The molecule has 2 heterocycles. The first-order chi connectivity index (χ1) is 12.7. The molecule has 2 aliphatic rings. The molecule has 0 amide bonds. The number of hydrogen-bond acceptors (Lipinski definition) is 4. The largest absolute Gasteiger partial charge is 0.381 e. The molecule has 4 rings (SSSR count). The topological polar surface area (TPSA) is 52.0 Å². The third kappa shape index (κ3) is 4.06. The van der Waals surface area contributed by atoms with E-state index in [0.717, 1.165) is 50.1 Å². The molecule has 26 heavy (non-hydrogen) atoms. The van der Waals surface area contributed by atoms with Crippen molar-refractivity contribution in [3.05, 3.63) is 46.5 Å². The van der Waals surface area contributed by atoms with Gasteiger partial charge in [-0.05, 0) is 49.3 Å². The first-order valence-corrected chi connectivity index (χ1v) is 10.0. The Morgan fingerprint density at radius 2 is 2.08 bits per heavy atom. The number of hydrogen-bond donors (Lipinski definition) is 1. The molecule has 1 aliphatic heterocycles. The summed E-state index contributed by atoms with van der Waals surface area (Å²) in [4.78, 5) is 4.06. The highest BCUT2D eigenvalue weighted by atomic mass is 35.5. The van der Waals surface area contributed by atoms with Crippen LogP contribution in [-0.2, 0) is 16.7 Å². The number of nitrogens with zero attached hydrogens (tertiary/aromatic N) is 3. The summed E-state index contributed by atoms with van der Waals surface area (Å²) in [7, 11) is 0. The van der Waals surface area contributed by atoms with Gasteiger partial charge in [-0.25, -0.2) is 4.98 Å². The van der Waals surface area contributed by atoms with E-state index >= 15 is 0 Å². The summed E-state index contributed by atoms with van der Waals surface area (Å²) in [6, 6.07) is 6.28. The molecular formula is C19H24Cl2N4O. The van der Waals surface area contributed by atoms with Gasteiger partial charge in [0, 0.05) is 41.3 Å². The first kappa shape index (κ1) is 18.2. The summed E-state index contributed by atoms with van der Waals surface area (Å²) >= 11 is 12.7. The minimum atomic E-state index is -0.0184. The average molecular weight is 395 g/mol. The third-order valence-corrected chi connectivity index (χ3v) is 6.24. The Balaban J connectivity index is 1.53. The van der Waals surface area contributed by atoms with E-state index in [4.69, 9.17) is 27.9 Å². The highest BCUT2D eigenvalue weighted by Gasteiger charge is 2.38.